The molecule has 1 aromatic heterocycles. The number of nitrogens with one attached hydrogen (secondary N) is 1. The predicted octanol–water partition coefficient (Wildman–Crippen LogP) is 0.715. The van der Waals surface area contributed by atoms with E-state index in [2.05, 4.69) is 15.3 Å². The van der Waals surface area contributed by atoms with Crippen molar-refractivity contribution in [3.63, 3.8) is 0 Å². The summed E-state index contributed by atoms with van der Waals surface area (Å²) >= 11 is 0. The Kier molecular flexibility index (Phi) is 3.83. The fraction of sp³-hybridized carbons (Fsp3) is 0.444. The number of rotatable bonds is 4. The van der Waals surface area contributed by atoms with E-state index in [0.717, 1.165) is 0 Å². The molecule has 0 aliphatic heterocycles. The standard InChI is InChI=1S/C9H12N4O/c1-7-12-6-8(5-10)9(13-7)11-3-4-14-2/h6H,3-4H2,1-2H3,(H,11,12,13). The second kappa shape index (κ2) is 5.14. The van der Waals surface area contributed by atoms with E-state index in [1.165, 1.54) is 6.20 Å². The van der Waals surface area contributed by atoms with Gasteiger partial charge < -0.3 is 10.1 Å². The van der Waals surface area contributed by atoms with Crippen LogP contribution in [-0.2, 0) is 4.74 Å². The molecule has 5 nitrogen and oxygen atoms in total. The summed E-state index contributed by atoms with van der Waals surface area (Å²) in [6.07, 6.45) is 1.51. The Hall–Kier alpha value is -1.67. The summed E-state index contributed by atoms with van der Waals surface area (Å²) in [6.45, 7) is 2.98. The predicted molar refractivity (Wildman–Crippen MR) is 51.8 cm³/mol. The lowest BCUT2D eigenvalue weighted by Gasteiger charge is -2.06. The summed E-state index contributed by atoms with van der Waals surface area (Å²) in [5.74, 6) is 1.21. The van der Waals surface area contributed by atoms with Crippen LogP contribution < -0.4 is 5.32 Å². The number of hydrogen-bond acceptors (Lipinski definition) is 5. The molecule has 0 amide bonds. The van der Waals surface area contributed by atoms with Crippen molar-refractivity contribution >= 4 is 5.82 Å². The minimum absolute atomic E-state index is 0.451. The smallest absolute Gasteiger partial charge is 0.147 e. The van der Waals surface area contributed by atoms with Gasteiger partial charge in [0.1, 0.15) is 23.3 Å². The maximum atomic E-state index is 8.76. The van der Waals surface area contributed by atoms with E-state index in [-0.39, 0.29) is 0 Å². The molecule has 0 atom stereocenters. The van der Waals surface area contributed by atoms with Gasteiger partial charge in [0.25, 0.3) is 0 Å². The molecule has 0 bridgehead atoms. The molecular weight excluding hydrogens is 180 g/mol. The highest BCUT2D eigenvalue weighted by molar-refractivity contribution is 5.50. The fourth-order valence-electron chi connectivity index (χ4n) is 0.958. The van der Waals surface area contributed by atoms with Crippen LogP contribution in [-0.4, -0.2) is 30.2 Å². The summed E-state index contributed by atoms with van der Waals surface area (Å²) < 4.78 is 4.88. The number of nitriles is 1. The molecule has 1 aromatic rings. The normalized spacial score (nSPS) is 9.50. The van der Waals surface area contributed by atoms with E-state index < -0.39 is 0 Å². The average Bonchev–Trinajstić information content (AvgIpc) is 2.19. The van der Waals surface area contributed by atoms with Crippen LogP contribution in [0.5, 0.6) is 0 Å². The van der Waals surface area contributed by atoms with Gasteiger partial charge in [-0.15, -0.1) is 0 Å². The highest BCUT2D eigenvalue weighted by Gasteiger charge is 2.03. The van der Waals surface area contributed by atoms with Crippen molar-refractivity contribution in [2.24, 2.45) is 0 Å². The van der Waals surface area contributed by atoms with Crippen LogP contribution in [0.3, 0.4) is 0 Å². The maximum absolute atomic E-state index is 8.76. The zero-order chi connectivity index (χ0) is 10.4. The van der Waals surface area contributed by atoms with Crippen LogP contribution in [0.2, 0.25) is 0 Å². The lowest BCUT2D eigenvalue weighted by Crippen LogP contribution is -2.11. The first-order valence-electron chi connectivity index (χ1n) is 4.24. The van der Waals surface area contributed by atoms with Gasteiger partial charge in [0.05, 0.1) is 12.8 Å². The minimum atomic E-state index is 0.451. The molecule has 1 heterocycles. The van der Waals surface area contributed by atoms with Gasteiger partial charge in [0.15, 0.2) is 0 Å². The van der Waals surface area contributed by atoms with Gasteiger partial charge in [-0.05, 0) is 6.92 Å². The Morgan fingerprint density at radius 1 is 1.64 bits per heavy atom. The van der Waals surface area contributed by atoms with Crippen molar-refractivity contribution in [3.8, 4) is 6.07 Å². The van der Waals surface area contributed by atoms with Gasteiger partial charge in [-0.25, -0.2) is 9.97 Å². The van der Waals surface area contributed by atoms with E-state index in [4.69, 9.17) is 10.00 Å². The van der Waals surface area contributed by atoms with Crippen LogP contribution in [0.25, 0.3) is 0 Å². The highest BCUT2D eigenvalue weighted by Crippen LogP contribution is 2.09. The summed E-state index contributed by atoms with van der Waals surface area (Å²) in [6, 6.07) is 2.02. The topological polar surface area (TPSA) is 70.8 Å². The molecule has 1 rings (SSSR count). The molecule has 0 radical (unpaired) electrons. The number of ether oxygens (including phenoxy) is 1. The number of methoxy groups -OCH3 is 1. The van der Waals surface area contributed by atoms with Crippen LogP contribution in [0.15, 0.2) is 6.20 Å². The molecule has 0 spiro atoms. The van der Waals surface area contributed by atoms with Crippen LogP contribution >= 0.6 is 0 Å². The Morgan fingerprint density at radius 3 is 3.07 bits per heavy atom. The molecule has 0 aliphatic rings. The molecule has 1 N–H and O–H groups in total. The van der Waals surface area contributed by atoms with Gasteiger partial charge in [-0.1, -0.05) is 0 Å². The second-order valence-electron chi connectivity index (χ2n) is 2.71. The molecule has 0 saturated carbocycles. The molecule has 14 heavy (non-hydrogen) atoms. The van der Waals surface area contributed by atoms with Crippen molar-refractivity contribution in [1.29, 1.82) is 5.26 Å². The Balaban J connectivity index is 2.73. The van der Waals surface area contributed by atoms with E-state index in [1.807, 2.05) is 6.07 Å². The van der Waals surface area contributed by atoms with E-state index >= 15 is 0 Å². The lowest BCUT2D eigenvalue weighted by atomic mass is 10.3. The Labute approximate surface area is 82.8 Å². The summed E-state index contributed by atoms with van der Waals surface area (Å²) in [5.41, 5.74) is 0.451. The number of aromatic nitrogens is 2. The molecular formula is C9H12N4O. The maximum Gasteiger partial charge on any atom is 0.147 e. The Morgan fingerprint density at radius 2 is 2.43 bits per heavy atom. The molecule has 0 aromatic carbocycles. The van der Waals surface area contributed by atoms with Gasteiger partial charge in [0.2, 0.25) is 0 Å². The molecule has 74 valence electrons. The highest BCUT2D eigenvalue weighted by atomic mass is 16.5. The minimum Gasteiger partial charge on any atom is -0.383 e. The van der Waals surface area contributed by atoms with E-state index in [0.29, 0.717) is 30.4 Å². The molecule has 0 aliphatic carbocycles. The largest absolute Gasteiger partial charge is 0.383 e. The molecule has 0 saturated heterocycles. The quantitative estimate of drug-likeness (QED) is 0.711. The number of hydrogen-bond donors (Lipinski definition) is 1. The van der Waals surface area contributed by atoms with Crippen LogP contribution in [0.4, 0.5) is 5.82 Å². The first-order valence-corrected chi connectivity index (χ1v) is 4.24. The lowest BCUT2D eigenvalue weighted by molar-refractivity contribution is 0.210. The fourth-order valence-corrected chi connectivity index (χ4v) is 0.958. The van der Waals surface area contributed by atoms with Gasteiger partial charge in [-0.3, -0.25) is 0 Å². The summed E-state index contributed by atoms with van der Waals surface area (Å²) in [7, 11) is 1.62. The summed E-state index contributed by atoms with van der Waals surface area (Å²) in [5, 5.41) is 11.8. The second-order valence-corrected chi connectivity index (χ2v) is 2.71. The Bertz CT molecular complexity index is 345. The van der Waals surface area contributed by atoms with Crippen molar-refractivity contribution in [2.45, 2.75) is 6.92 Å². The number of anilines is 1. The monoisotopic (exact) mass is 192 g/mol. The van der Waals surface area contributed by atoms with Gasteiger partial charge >= 0.3 is 0 Å². The van der Waals surface area contributed by atoms with Crippen LogP contribution in [0, 0.1) is 18.3 Å². The van der Waals surface area contributed by atoms with Gasteiger partial charge in [-0.2, -0.15) is 5.26 Å². The third kappa shape index (κ3) is 2.68. The number of nitrogens with zero attached hydrogens (tertiary/aromatic N) is 3. The summed E-state index contributed by atoms with van der Waals surface area (Å²) in [4.78, 5) is 8.05. The molecule has 0 fully saturated rings. The zero-order valence-corrected chi connectivity index (χ0v) is 8.24. The third-order valence-electron chi connectivity index (χ3n) is 1.63. The van der Waals surface area contributed by atoms with Crippen molar-refractivity contribution in [3.05, 3.63) is 17.6 Å². The zero-order valence-electron chi connectivity index (χ0n) is 8.24. The molecule has 0 unspecified atom stereocenters. The first kappa shape index (κ1) is 10.4. The molecule has 5 heteroatoms. The SMILES string of the molecule is COCCNc1nc(C)ncc1C#N. The average molecular weight is 192 g/mol. The van der Waals surface area contributed by atoms with E-state index in [9.17, 15) is 0 Å². The van der Waals surface area contributed by atoms with Crippen molar-refractivity contribution in [2.75, 3.05) is 25.6 Å². The third-order valence-corrected chi connectivity index (χ3v) is 1.63. The van der Waals surface area contributed by atoms with E-state index in [1.54, 1.807) is 14.0 Å². The van der Waals surface area contributed by atoms with Gasteiger partial charge in [0, 0.05) is 13.7 Å². The van der Waals surface area contributed by atoms with Crippen molar-refractivity contribution in [1.82, 2.24) is 9.97 Å². The van der Waals surface area contributed by atoms with Crippen LogP contribution in [0.1, 0.15) is 11.4 Å². The van der Waals surface area contributed by atoms with Crippen molar-refractivity contribution < 1.29 is 4.74 Å². The first-order chi connectivity index (χ1) is 6.77. The number of aryl methyl sites for hydroxylation is 1.